The van der Waals surface area contributed by atoms with Gasteiger partial charge in [0.25, 0.3) is 5.91 Å². The predicted molar refractivity (Wildman–Crippen MR) is 70.1 cm³/mol. The summed E-state index contributed by atoms with van der Waals surface area (Å²) in [5.41, 5.74) is 0.475. The van der Waals surface area contributed by atoms with E-state index in [4.69, 9.17) is 0 Å². The summed E-state index contributed by atoms with van der Waals surface area (Å²) in [6.45, 7) is 4.93. The Hall–Kier alpha value is -1.03. The zero-order valence-electron chi connectivity index (χ0n) is 10.4. The highest BCUT2D eigenvalue weighted by molar-refractivity contribution is 7.80. The van der Waals surface area contributed by atoms with Crippen molar-refractivity contribution in [2.45, 2.75) is 25.2 Å². The fourth-order valence-electron chi connectivity index (χ4n) is 1.42. The number of rotatable bonds is 4. The van der Waals surface area contributed by atoms with Crippen molar-refractivity contribution < 1.29 is 9.18 Å². The van der Waals surface area contributed by atoms with Gasteiger partial charge in [0.1, 0.15) is 5.82 Å². The number of thiol groups is 1. The van der Waals surface area contributed by atoms with Crippen LogP contribution in [-0.2, 0) is 0 Å². The van der Waals surface area contributed by atoms with E-state index in [2.05, 4.69) is 26.5 Å². The van der Waals surface area contributed by atoms with Gasteiger partial charge in [-0.15, -0.1) is 12.6 Å². The van der Waals surface area contributed by atoms with Crippen molar-refractivity contribution in [2.24, 2.45) is 5.92 Å². The summed E-state index contributed by atoms with van der Waals surface area (Å²) in [6, 6.07) is 4.22. The van der Waals surface area contributed by atoms with Crippen molar-refractivity contribution >= 4 is 18.5 Å². The van der Waals surface area contributed by atoms with E-state index in [9.17, 15) is 9.18 Å². The van der Waals surface area contributed by atoms with E-state index < -0.39 is 5.82 Å². The van der Waals surface area contributed by atoms with E-state index in [-0.39, 0.29) is 10.8 Å². The molecule has 1 aromatic carbocycles. The first kappa shape index (κ1) is 14.0. The second-order valence-electron chi connectivity index (χ2n) is 4.58. The van der Waals surface area contributed by atoms with Crippen LogP contribution in [0.5, 0.6) is 0 Å². The normalized spacial score (nSPS) is 10.7. The molecule has 0 unspecified atom stereocenters. The number of hydrogen-bond donors (Lipinski definition) is 1. The van der Waals surface area contributed by atoms with Crippen LogP contribution in [0.2, 0.25) is 0 Å². The average Bonchev–Trinajstić information content (AvgIpc) is 2.28. The van der Waals surface area contributed by atoms with Crippen molar-refractivity contribution in [1.29, 1.82) is 0 Å². The lowest BCUT2D eigenvalue weighted by Crippen LogP contribution is -2.28. The van der Waals surface area contributed by atoms with Crippen LogP contribution in [-0.4, -0.2) is 24.4 Å². The smallest absolute Gasteiger partial charge is 0.253 e. The third-order valence-corrected chi connectivity index (χ3v) is 2.92. The molecule has 0 bridgehead atoms. The molecule has 0 aliphatic carbocycles. The SMILES string of the molecule is CC(C)CCN(C)C(=O)c1ccc(F)c(S)c1. The van der Waals surface area contributed by atoms with Gasteiger partial charge in [0.05, 0.1) is 0 Å². The van der Waals surface area contributed by atoms with Gasteiger partial charge in [-0.05, 0) is 30.5 Å². The molecule has 0 aromatic heterocycles. The minimum Gasteiger partial charge on any atom is -0.342 e. The molecule has 0 heterocycles. The Morgan fingerprint density at radius 1 is 1.47 bits per heavy atom. The predicted octanol–water partition coefficient (Wildman–Crippen LogP) is 3.23. The maximum absolute atomic E-state index is 13.0. The third-order valence-electron chi connectivity index (χ3n) is 2.58. The van der Waals surface area contributed by atoms with E-state index in [1.807, 2.05) is 0 Å². The number of nitrogens with zero attached hydrogens (tertiary/aromatic N) is 1. The van der Waals surface area contributed by atoms with Gasteiger partial charge in [-0.2, -0.15) is 0 Å². The molecular formula is C13H18FNOS. The van der Waals surface area contributed by atoms with Gasteiger partial charge in [-0.1, -0.05) is 13.8 Å². The summed E-state index contributed by atoms with van der Waals surface area (Å²) in [5, 5.41) is 0. The van der Waals surface area contributed by atoms with Gasteiger partial charge >= 0.3 is 0 Å². The highest BCUT2D eigenvalue weighted by Crippen LogP contribution is 2.15. The van der Waals surface area contributed by atoms with Crippen molar-refractivity contribution in [3.63, 3.8) is 0 Å². The van der Waals surface area contributed by atoms with Gasteiger partial charge in [0.15, 0.2) is 0 Å². The molecule has 0 spiro atoms. The van der Waals surface area contributed by atoms with Crippen molar-refractivity contribution in [2.75, 3.05) is 13.6 Å². The quantitative estimate of drug-likeness (QED) is 0.819. The molecule has 17 heavy (non-hydrogen) atoms. The van der Waals surface area contributed by atoms with Crippen LogP contribution in [0.25, 0.3) is 0 Å². The Kier molecular flexibility index (Phi) is 5.00. The Morgan fingerprint density at radius 3 is 2.65 bits per heavy atom. The van der Waals surface area contributed by atoms with Crippen LogP contribution >= 0.6 is 12.6 Å². The lowest BCUT2D eigenvalue weighted by Gasteiger charge is -2.18. The van der Waals surface area contributed by atoms with E-state index in [1.165, 1.54) is 18.2 Å². The monoisotopic (exact) mass is 255 g/mol. The second-order valence-corrected chi connectivity index (χ2v) is 5.06. The number of carbonyl (C=O) groups is 1. The number of halogens is 1. The summed E-state index contributed by atoms with van der Waals surface area (Å²) >= 11 is 3.97. The van der Waals surface area contributed by atoms with Crippen LogP contribution in [0.4, 0.5) is 4.39 Å². The Bertz CT molecular complexity index is 406. The molecule has 0 aliphatic heterocycles. The first-order valence-electron chi connectivity index (χ1n) is 5.65. The van der Waals surface area contributed by atoms with Crippen LogP contribution < -0.4 is 0 Å². The Morgan fingerprint density at radius 2 is 2.12 bits per heavy atom. The molecular weight excluding hydrogens is 237 g/mol. The minimum atomic E-state index is -0.408. The summed E-state index contributed by atoms with van der Waals surface area (Å²) in [5.74, 6) is 0.0505. The molecule has 0 saturated heterocycles. The number of hydrogen-bond acceptors (Lipinski definition) is 2. The molecule has 4 heteroatoms. The molecule has 0 aliphatic rings. The van der Waals surface area contributed by atoms with Gasteiger partial charge in [-0.3, -0.25) is 4.79 Å². The van der Waals surface area contributed by atoms with Gasteiger partial charge in [0.2, 0.25) is 0 Å². The summed E-state index contributed by atoms with van der Waals surface area (Å²) in [7, 11) is 1.76. The third kappa shape index (κ3) is 4.04. The molecule has 1 amide bonds. The summed E-state index contributed by atoms with van der Waals surface area (Å²) in [6.07, 6.45) is 0.956. The van der Waals surface area contributed by atoms with Crippen molar-refractivity contribution in [3.8, 4) is 0 Å². The Balaban J connectivity index is 2.71. The van der Waals surface area contributed by atoms with Gasteiger partial charge in [-0.25, -0.2) is 4.39 Å². The largest absolute Gasteiger partial charge is 0.342 e. The second kappa shape index (κ2) is 6.05. The lowest BCUT2D eigenvalue weighted by atomic mass is 10.1. The minimum absolute atomic E-state index is 0.0963. The molecule has 0 radical (unpaired) electrons. The fourth-order valence-corrected chi connectivity index (χ4v) is 1.63. The first-order valence-corrected chi connectivity index (χ1v) is 6.10. The molecule has 0 saturated carbocycles. The Labute approximate surface area is 107 Å². The van der Waals surface area contributed by atoms with E-state index in [0.29, 0.717) is 18.0 Å². The zero-order chi connectivity index (χ0) is 13.0. The van der Waals surface area contributed by atoms with E-state index in [0.717, 1.165) is 6.42 Å². The highest BCUT2D eigenvalue weighted by Gasteiger charge is 2.13. The average molecular weight is 255 g/mol. The number of benzene rings is 1. The topological polar surface area (TPSA) is 20.3 Å². The number of amides is 1. The van der Waals surface area contributed by atoms with Crippen LogP contribution in [0.1, 0.15) is 30.6 Å². The van der Waals surface area contributed by atoms with E-state index in [1.54, 1.807) is 11.9 Å². The van der Waals surface area contributed by atoms with Crippen LogP contribution in [0.3, 0.4) is 0 Å². The molecule has 94 valence electrons. The standard InChI is InChI=1S/C13H18FNOS/c1-9(2)6-7-15(3)13(16)10-4-5-11(14)12(17)8-10/h4-5,8-9,17H,6-7H2,1-3H3. The highest BCUT2D eigenvalue weighted by atomic mass is 32.1. The maximum atomic E-state index is 13.0. The van der Waals surface area contributed by atoms with Crippen molar-refractivity contribution in [1.82, 2.24) is 4.90 Å². The first-order chi connectivity index (χ1) is 7.91. The number of carbonyl (C=O) groups excluding carboxylic acids is 1. The maximum Gasteiger partial charge on any atom is 0.253 e. The zero-order valence-corrected chi connectivity index (χ0v) is 11.3. The fraction of sp³-hybridized carbons (Fsp3) is 0.462. The lowest BCUT2D eigenvalue weighted by molar-refractivity contribution is 0.0789. The molecule has 0 fully saturated rings. The molecule has 0 atom stereocenters. The van der Waals surface area contributed by atoms with Crippen LogP contribution in [0.15, 0.2) is 23.1 Å². The van der Waals surface area contributed by atoms with Crippen molar-refractivity contribution in [3.05, 3.63) is 29.6 Å². The molecule has 1 rings (SSSR count). The van der Waals surface area contributed by atoms with Gasteiger partial charge < -0.3 is 4.90 Å². The summed E-state index contributed by atoms with van der Waals surface area (Å²) < 4.78 is 13.0. The van der Waals surface area contributed by atoms with Crippen LogP contribution in [0, 0.1) is 11.7 Å². The molecule has 1 aromatic rings. The van der Waals surface area contributed by atoms with E-state index >= 15 is 0 Å². The molecule has 2 nitrogen and oxygen atoms in total. The summed E-state index contributed by atoms with van der Waals surface area (Å²) in [4.78, 5) is 13.8. The van der Waals surface area contributed by atoms with Gasteiger partial charge in [0, 0.05) is 24.1 Å². The molecule has 0 N–H and O–H groups in total.